The first-order valence-electron chi connectivity index (χ1n) is 13.6. The Kier molecular flexibility index (Phi) is 5.78. The van der Waals surface area contributed by atoms with Crippen LogP contribution in [-0.2, 0) is 20.8 Å². The molecule has 1 heterocycles. The third kappa shape index (κ3) is 3.86. The van der Waals surface area contributed by atoms with Crippen molar-refractivity contribution in [2.45, 2.75) is 24.3 Å². The van der Waals surface area contributed by atoms with E-state index in [2.05, 4.69) is 5.32 Å². The zero-order chi connectivity index (χ0) is 28.2. The van der Waals surface area contributed by atoms with Crippen molar-refractivity contribution < 1.29 is 19.3 Å². The third-order valence-corrected chi connectivity index (χ3v) is 8.69. The number of nitro groups is 1. The van der Waals surface area contributed by atoms with E-state index in [1.165, 1.54) is 23.1 Å². The number of carbonyl (C=O) groups excluding carboxylic acids is 3. The Hall–Kier alpha value is -5.11. The molecule has 41 heavy (non-hydrogen) atoms. The zero-order valence-corrected chi connectivity index (χ0v) is 21.8. The number of anilines is 1. The minimum Gasteiger partial charge on any atom is -0.324 e. The molecule has 8 heteroatoms. The number of carbonyl (C=O) groups is 3. The van der Waals surface area contributed by atoms with Crippen molar-refractivity contribution in [3.63, 3.8) is 0 Å². The molecule has 202 valence electrons. The number of likely N-dealkylation sites (tertiary alicyclic amines) is 1. The monoisotopic (exact) mass is 543 g/mol. The quantitative estimate of drug-likeness (QED) is 0.208. The second-order valence-corrected chi connectivity index (χ2v) is 10.8. The molecule has 1 saturated heterocycles. The van der Waals surface area contributed by atoms with Gasteiger partial charge in [-0.3, -0.25) is 29.4 Å². The van der Waals surface area contributed by atoms with Gasteiger partial charge in [0, 0.05) is 36.1 Å². The summed E-state index contributed by atoms with van der Waals surface area (Å²) in [4.78, 5) is 54.5. The van der Waals surface area contributed by atoms with Crippen molar-refractivity contribution in [3.05, 3.63) is 141 Å². The van der Waals surface area contributed by atoms with E-state index in [4.69, 9.17) is 0 Å². The summed E-state index contributed by atoms with van der Waals surface area (Å²) in [5.74, 6) is -3.06. The van der Waals surface area contributed by atoms with Crippen molar-refractivity contribution in [2.75, 3.05) is 5.32 Å². The Labute approximate surface area is 235 Å². The fourth-order valence-corrected chi connectivity index (χ4v) is 7.07. The van der Waals surface area contributed by atoms with Gasteiger partial charge in [0.1, 0.15) is 6.04 Å². The van der Waals surface area contributed by atoms with Crippen LogP contribution in [-0.4, -0.2) is 33.6 Å². The number of hydrogen-bond acceptors (Lipinski definition) is 5. The van der Waals surface area contributed by atoms with Gasteiger partial charge in [0.2, 0.25) is 17.7 Å². The molecule has 1 fully saturated rings. The van der Waals surface area contributed by atoms with Gasteiger partial charge in [-0.05, 0) is 33.9 Å². The number of non-ortho nitro benzene ring substituents is 1. The lowest BCUT2D eigenvalue weighted by molar-refractivity contribution is -0.384. The topological polar surface area (TPSA) is 110 Å². The molecule has 1 aliphatic heterocycles. The normalized spacial score (nSPS) is 22.5. The van der Waals surface area contributed by atoms with E-state index in [0.717, 1.165) is 27.8 Å². The Morgan fingerprint density at radius 2 is 1.27 bits per heavy atom. The predicted molar refractivity (Wildman–Crippen MR) is 151 cm³/mol. The standard InChI is InChI=1S/C33H25N3O5/c37-31(34-20-11-8-12-21(18-20)36(40)41)26(17-19-9-2-1-3-10-19)35-32(38)29-27-22-13-4-5-14-23(22)28(30(29)33(35)39)25-16-7-6-15-24(25)27/h1-16,18,26-30H,17H2,(H,34,37). The molecular formula is C33H25N3O5. The molecule has 0 radical (unpaired) electrons. The first-order valence-corrected chi connectivity index (χ1v) is 13.6. The van der Waals surface area contributed by atoms with E-state index in [1.54, 1.807) is 6.07 Å². The van der Waals surface area contributed by atoms with Crippen molar-refractivity contribution in [3.8, 4) is 0 Å². The number of nitrogens with zero attached hydrogens (tertiary/aromatic N) is 2. The average molecular weight is 544 g/mol. The van der Waals surface area contributed by atoms with Crippen LogP contribution >= 0.6 is 0 Å². The van der Waals surface area contributed by atoms with Gasteiger partial charge in [0.15, 0.2) is 0 Å². The fourth-order valence-electron chi connectivity index (χ4n) is 7.07. The highest BCUT2D eigenvalue weighted by Crippen LogP contribution is 2.61. The van der Waals surface area contributed by atoms with Crippen LogP contribution in [0.25, 0.3) is 0 Å². The second kappa shape index (κ2) is 9.52. The summed E-state index contributed by atoms with van der Waals surface area (Å²) in [6.45, 7) is 0. The Balaban J connectivity index is 1.30. The molecule has 4 aromatic rings. The average Bonchev–Trinajstić information content (AvgIpc) is 3.26. The third-order valence-electron chi connectivity index (χ3n) is 8.69. The molecule has 8 rings (SSSR count). The molecule has 4 aromatic carbocycles. The first kappa shape index (κ1) is 24.9. The van der Waals surface area contributed by atoms with Gasteiger partial charge in [-0.25, -0.2) is 0 Å². The van der Waals surface area contributed by atoms with E-state index >= 15 is 0 Å². The Morgan fingerprint density at radius 1 is 0.756 bits per heavy atom. The minimum absolute atomic E-state index is 0.119. The molecule has 3 unspecified atom stereocenters. The summed E-state index contributed by atoms with van der Waals surface area (Å²) in [6, 6.07) is 29.7. The first-order chi connectivity index (χ1) is 19.9. The number of nitrogens with one attached hydrogen (secondary N) is 1. The highest BCUT2D eigenvalue weighted by Gasteiger charge is 2.63. The van der Waals surface area contributed by atoms with E-state index in [9.17, 15) is 24.5 Å². The zero-order valence-electron chi connectivity index (χ0n) is 21.8. The van der Waals surface area contributed by atoms with Crippen molar-refractivity contribution >= 4 is 29.1 Å². The second-order valence-electron chi connectivity index (χ2n) is 10.8. The van der Waals surface area contributed by atoms with Crippen LogP contribution in [0.15, 0.2) is 103 Å². The number of rotatable bonds is 6. The van der Waals surface area contributed by atoms with E-state index in [-0.39, 0.29) is 41.4 Å². The summed E-state index contributed by atoms with van der Waals surface area (Å²) in [7, 11) is 0. The highest BCUT2D eigenvalue weighted by atomic mass is 16.6. The summed E-state index contributed by atoms with van der Waals surface area (Å²) >= 11 is 0. The van der Waals surface area contributed by atoms with Gasteiger partial charge >= 0.3 is 0 Å². The van der Waals surface area contributed by atoms with Gasteiger partial charge in [-0.15, -0.1) is 0 Å². The van der Waals surface area contributed by atoms with Crippen molar-refractivity contribution in [1.29, 1.82) is 0 Å². The maximum atomic E-state index is 14.3. The highest BCUT2D eigenvalue weighted by molar-refractivity contribution is 6.11. The van der Waals surface area contributed by atoms with Crippen LogP contribution in [0.1, 0.15) is 39.7 Å². The molecule has 0 aromatic heterocycles. The van der Waals surface area contributed by atoms with Crippen LogP contribution in [0, 0.1) is 22.0 Å². The molecule has 2 bridgehead atoms. The van der Waals surface area contributed by atoms with Crippen molar-refractivity contribution in [1.82, 2.24) is 4.90 Å². The number of imide groups is 1. The lowest BCUT2D eigenvalue weighted by atomic mass is 9.55. The van der Waals surface area contributed by atoms with Gasteiger partial charge in [-0.2, -0.15) is 0 Å². The molecule has 0 saturated carbocycles. The molecule has 3 amide bonds. The molecule has 4 aliphatic rings. The molecule has 0 spiro atoms. The van der Waals surface area contributed by atoms with E-state index < -0.39 is 28.7 Å². The minimum atomic E-state index is -1.13. The maximum Gasteiger partial charge on any atom is 0.271 e. The molecule has 8 nitrogen and oxygen atoms in total. The van der Waals surface area contributed by atoms with Crippen LogP contribution < -0.4 is 5.32 Å². The van der Waals surface area contributed by atoms with Crippen LogP contribution in [0.3, 0.4) is 0 Å². The largest absolute Gasteiger partial charge is 0.324 e. The summed E-state index contributed by atoms with van der Waals surface area (Å²) < 4.78 is 0. The van der Waals surface area contributed by atoms with E-state index in [1.807, 2.05) is 78.9 Å². The summed E-state index contributed by atoms with van der Waals surface area (Å²) in [5, 5.41) is 14.0. The predicted octanol–water partition coefficient (Wildman–Crippen LogP) is 5.04. The molecule has 1 N–H and O–H groups in total. The summed E-state index contributed by atoms with van der Waals surface area (Å²) in [6.07, 6.45) is 0.119. The van der Waals surface area contributed by atoms with Crippen LogP contribution in [0.2, 0.25) is 0 Å². The SMILES string of the molecule is O=C(Nc1cccc([N+](=O)[O-])c1)C(Cc1ccccc1)N1C(=O)C2C3c4ccccc4C(c4ccccc43)C2C1=O. The smallest absolute Gasteiger partial charge is 0.271 e. The maximum absolute atomic E-state index is 14.3. The molecular weight excluding hydrogens is 518 g/mol. The number of nitro benzene ring substituents is 1. The van der Waals surface area contributed by atoms with Gasteiger partial charge < -0.3 is 5.32 Å². The van der Waals surface area contributed by atoms with E-state index in [0.29, 0.717) is 0 Å². The number of benzene rings is 4. The Bertz CT molecular complexity index is 1620. The van der Waals surface area contributed by atoms with Crippen LogP contribution in [0.5, 0.6) is 0 Å². The lowest BCUT2D eigenvalue weighted by Gasteiger charge is -2.45. The molecule has 3 aliphatic carbocycles. The summed E-state index contributed by atoms with van der Waals surface area (Å²) in [5.41, 5.74) is 5.06. The van der Waals surface area contributed by atoms with Gasteiger partial charge in [0.05, 0.1) is 16.8 Å². The number of amides is 3. The van der Waals surface area contributed by atoms with Crippen LogP contribution in [0.4, 0.5) is 11.4 Å². The fraction of sp³-hybridized carbons (Fsp3) is 0.182. The van der Waals surface area contributed by atoms with Gasteiger partial charge in [0.25, 0.3) is 5.69 Å². The Morgan fingerprint density at radius 3 is 1.78 bits per heavy atom. The lowest BCUT2D eigenvalue weighted by Crippen LogP contribution is -2.49. The number of hydrogen-bond donors (Lipinski definition) is 1. The van der Waals surface area contributed by atoms with Gasteiger partial charge in [-0.1, -0.05) is 84.9 Å². The van der Waals surface area contributed by atoms with Crippen molar-refractivity contribution in [2.24, 2.45) is 11.8 Å². The molecule has 3 atom stereocenters.